The number of alkyl halides is 1. The molecular weight excluding hydrogens is 352 g/mol. The van der Waals surface area contributed by atoms with Gasteiger partial charge in [0.05, 0.1) is 6.61 Å². The van der Waals surface area contributed by atoms with Crippen LogP contribution in [0.1, 0.15) is 52.2 Å². The lowest BCUT2D eigenvalue weighted by atomic mass is 9.84. The predicted molar refractivity (Wildman–Crippen MR) is 103 cm³/mol. The third kappa shape index (κ3) is 6.84. The van der Waals surface area contributed by atoms with Crippen LogP contribution in [0, 0.1) is 11.8 Å². The van der Waals surface area contributed by atoms with Gasteiger partial charge in [-0.3, -0.25) is 0 Å². The van der Waals surface area contributed by atoms with Crippen molar-refractivity contribution < 1.29 is 9.47 Å². The summed E-state index contributed by atoms with van der Waals surface area (Å²) in [7, 11) is 1.73. The molecule has 0 aliphatic heterocycles. The number of halogens is 1. The number of rotatable bonds is 9. The second kappa shape index (κ2) is 9.68. The summed E-state index contributed by atoms with van der Waals surface area (Å²) in [5.41, 5.74) is 2.72. The molecule has 0 heterocycles. The lowest BCUT2D eigenvalue weighted by Crippen LogP contribution is -2.16. The first kappa shape index (κ1) is 20.5. The molecule has 0 bridgehead atoms. The molecule has 0 fully saturated rings. The molecule has 1 atom stereocenters. The van der Waals surface area contributed by atoms with Crippen LogP contribution >= 0.6 is 15.9 Å². The van der Waals surface area contributed by atoms with E-state index >= 15 is 0 Å². The van der Waals surface area contributed by atoms with E-state index in [1.807, 2.05) is 0 Å². The van der Waals surface area contributed by atoms with Gasteiger partial charge in [-0.1, -0.05) is 62.7 Å². The zero-order chi connectivity index (χ0) is 17.5. The van der Waals surface area contributed by atoms with E-state index in [2.05, 4.69) is 68.7 Å². The van der Waals surface area contributed by atoms with Crippen LogP contribution < -0.4 is 4.74 Å². The molecule has 1 unspecified atom stereocenters. The van der Waals surface area contributed by atoms with Crippen LogP contribution in [0.3, 0.4) is 0 Å². The average molecular weight is 385 g/mol. The maximum Gasteiger partial charge on any atom is 0.123 e. The zero-order valence-corrected chi connectivity index (χ0v) is 17.2. The van der Waals surface area contributed by atoms with Crippen LogP contribution in [0.5, 0.6) is 5.75 Å². The fraction of sp³-hybridized carbons (Fsp3) is 0.700. The Morgan fingerprint density at radius 1 is 1.13 bits per heavy atom. The van der Waals surface area contributed by atoms with Gasteiger partial charge in [0.2, 0.25) is 0 Å². The Morgan fingerprint density at radius 2 is 1.83 bits per heavy atom. The van der Waals surface area contributed by atoms with Gasteiger partial charge in [-0.05, 0) is 40.9 Å². The Labute approximate surface area is 151 Å². The number of benzene rings is 1. The van der Waals surface area contributed by atoms with Gasteiger partial charge in [-0.25, -0.2) is 0 Å². The van der Waals surface area contributed by atoms with Gasteiger partial charge in [-0.15, -0.1) is 0 Å². The summed E-state index contributed by atoms with van der Waals surface area (Å²) in [4.78, 5) is 0. The van der Waals surface area contributed by atoms with Crippen molar-refractivity contribution in [2.75, 3.05) is 25.7 Å². The fourth-order valence-corrected chi connectivity index (χ4v) is 3.57. The molecule has 1 aromatic rings. The maximum atomic E-state index is 6.09. The Morgan fingerprint density at radius 3 is 2.35 bits per heavy atom. The van der Waals surface area contributed by atoms with Gasteiger partial charge in [0, 0.05) is 25.5 Å². The second-order valence-corrected chi connectivity index (χ2v) is 8.29. The lowest BCUT2D eigenvalue weighted by molar-refractivity contribution is 0.171. The molecule has 0 aliphatic carbocycles. The highest BCUT2D eigenvalue weighted by atomic mass is 79.9. The standard InChI is InChI=1S/C20H33BrO2/c1-15(2)17(14-21)12-16-8-9-18(20(3,4)5)19(13-16)23-11-7-10-22-6/h8-9,13,15,17H,7,10-12,14H2,1-6H3. The third-order valence-electron chi connectivity index (χ3n) is 4.24. The molecule has 0 N–H and O–H groups in total. The molecule has 0 spiro atoms. The Kier molecular flexibility index (Phi) is 8.63. The highest BCUT2D eigenvalue weighted by Gasteiger charge is 2.20. The van der Waals surface area contributed by atoms with E-state index in [4.69, 9.17) is 9.47 Å². The van der Waals surface area contributed by atoms with E-state index in [0.29, 0.717) is 18.4 Å². The third-order valence-corrected chi connectivity index (χ3v) is 5.07. The molecule has 0 amide bonds. The minimum Gasteiger partial charge on any atom is -0.493 e. The van der Waals surface area contributed by atoms with Crippen molar-refractivity contribution in [2.45, 2.75) is 52.9 Å². The van der Waals surface area contributed by atoms with Crippen molar-refractivity contribution in [3.05, 3.63) is 29.3 Å². The summed E-state index contributed by atoms with van der Waals surface area (Å²) in [6.07, 6.45) is 2.00. The van der Waals surface area contributed by atoms with Crippen molar-refractivity contribution in [3.63, 3.8) is 0 Å². The monoisotopic (exact) mass is 384 g/mol. The zero-order valence-electron chi connectivity index (χ0n) is 15.6. The SMILES string of the molecule is COCCCOc1cc(CC(CBr)C(C)C)ccc1C(C)(C)C. The van der Waals surface area contributed by atoms with Crippen molar-refractivity contribution in [2.24, 2.45) is 11.8 Å². The number of hydrogen-bond acceptors (Lipinski definition) is 2. The molecule has 3 heteroatoms. The van der Waals surface area contributed by atoms with Crippen molar-refractivity contribution in [1.82, 2.24) is 0 Å². The lowest BCUT2D eigenvalue weighted by Gasteiger charge is -2.25. The van der Waals surface area contributed by atoms with Gasteiger partial charge in [0.1, 0.15) is 5.75 Å². The molecular formula is C20H33BrO2. The van der Waals surface area contributed by atoms with Crippen LogP contribution in [0.15, 0.2) is 18.2 Å². The number of ether oxygens (including phenoxy) is 2. The molecule has 23 heavy (non-hydrogen) atoms. The predicted octanol–water partition coefficient (Wildman–Crippen LogP) is 5.61. The Balaban J connectivity index is 2.94. The largest absolute Gasteiger partial charge is 0.493 e. The molecule has 0 saturated heterocycles. The molecule has 1 aromatic carbocycles. The Hall–Kier alpha value is -0.540. The minimum absolute atomic E-state index is 0.0853. The molecule has 0 radical (unpaired) electrons. The fourth-order valence-electron chi connectivity index (χ4n) is 2.59. The van der Waals surface area contributed by atoms with Crippen LogP contribution in [0.25, 0.3) is 0 Å². The maximum absolute atomic E-state index is 6.09. The summed E-state index contributed by atoms with van der Waals surface area (Å²) >= 11 is 3.65. The smallest absolute Gasteiger partial charge is 0.123 e. The minimum atomic E-state index is 0.0853. The highest BCUT2D eigenvalue weighted by Crippen LogP contribution is 2.33. The molecule has 2 nitrogen and oxygen atoms in total. The van der Waals surface area contributed by atoms with Crippen LogP contribution in [-0.2, 0) is 16.6 Å². The van der Waals surface area contributed by atoms with E-state index in [1.54, 1.807) is 7.11 Å². The van der Waals surface area contributed by atoms with Gasteiger partial charge < -0.3 is 9.47 Å². The van der Waals surface area contributed by atoms with E-state index in [-0.39, 0.29) is 5.41 Å². The van der Waals surface area contributed by atoms with Crippen molar-refractivity contribution in [1.29, 1.82) is 0 Å². The second-order valence-electron chi connectivity index (χ2n) is 7.64. The first-order valence-corrected chi connectivity index (χ1v) is 9.72. The van der Waals surface area contributed by atoms with E-state index in [0.717, 1.165) is 30.5 Å². The average Bonchev–Trinajstić information content (AvgIpc) is 2.48. The Bertz CT molecular complexity index is 463. The van der Waals surface area contributed by atoms with Gasteiger partial charge in [0.25, 0.3) is 0 Å². The topological polar surface area (TPSA) is 18.5 Å². The first-order chi connectivity index (χ1) is 10.8. The molecule has 0 aromatic heterocycles. The first-order valence-electron chi connectivity index (χ1n) is 8.60. The van der Waals surface area contributed by atoms with Crippen LogP contribution in [0.2, 0.25) is 0 Å². The summed E-state index contributed by atoms with van der Waals surface area (Å²) in [5, 5.41) is 1.04. The van der Waals surface area contributed by atoms with Crippen molar-refractivity contribution in [3.8, 4) is 5.75 Å². The van der Waals surface area contributed by atoms with Gasteiger partial charge in [-0.2, -0.15) is 0 Å². The summed E-state index contributed by atoms with van der Waals surface area (Å²) in [5.74, 6) is 2.35. The number of methoxy groups -OCH3 is 1. The summed E-state index contributed by atoms with van der Waals surface area (Å²) < 4.78 is 11.2. The van der Waals surface area contributed by atoms with E-state index < -0.39 is 0 Å². The van der Waals surface area contributed by atoms with Crippen LogP contribution in [0.4, 0.5) is 0 Å². The van der Waals surface area contributed by atoms with Crippen LogP contribution in [-0.4, -0.2) is 25.7 Å². The van der Waals surface area contributed by atoms with Crippen molar-refractivity contribution >= 4 is 15.9 Å². The molecule has 0 aliphatic rings. The summed E-state index contributed by atoms with van der Waals surface area (Å²) in [6.45, 7) is 12.7. The van der Waals surface area contributed by atoms with E-state index in [9.17, 15) is 0 Å². The molecule has 0 saturated carbocycles. The van der Waals surface area contributed by atoms with E-state index in [1.165, 1.54) is 11.1 Å². The quantitative estimate of drug-likeness (QED) is 0.406. The summed E-state index contributed by atoms with van der Waals surface area (Å²) in [6, 6.07) is 6.75. The van der Waals surface area contributed by atoms with Gasteiger partial charge in [0.15, 0.2) is 0 Å². The number of hydrogen-bond donors (Lipinski definition) is 0. The highest BCUT2D eigenvalue weighted by molar-refractivity contribution is 9.09. The molecule has 1 rings (SSSR count). The normalized spacial score (nSPS) is 13.4. The van der Waals surface area contributed by atoms with Gasteiger partial charge >= 0.3 is 0 Å². The molecule has 132 valence electrons.